The van der Waals surface area contributed by atoms with Gasteiger partial charge in [0.25, 0.3) is 0 Å². The first-order valence-electron chi connectivity index (χ1n) is 6.86. The van der Waals surface area contributed by atoms with Crippen LogP contribution in [0.25, 0.3) is 10.9 Å². The van der Waals surface area contributed by atoms with Crippen LogP contribution in [0, 0.1) is 6.92 Å². The van der Waals surface area contributed by atoms with E-state index in [9.17, 15) is 0 Å². The largest absolute Gasteiger partial charge is 0.318 e. The van der Waals surface area contributed by atoms with Gasteiger partial charge in [0.15, 0.2) is 0 Å². The predicted molar refractivity (Wildman–Crippen MR) is 89.0 cm³/mol. The lowest BCUT2D eigenvalue weighted by Gasteiger charge is -2.12. The number of hydrogen-bond donors (Lipinski definition) is 1. The van der Waals surface area contributed by atoms with Crippen molar-refractivity contribution in [1.82, 2.24) is 9.97 Å². The van der Waals surface area contributed by atoms with Gasteiger partial charge in [-0.2, -0.15) is 0 Å². The van der Waals surface area contributed by atoms with Crippen LogP contribution in [-0.4, -0.2) is 9.97 Å². The molecule has 0 aliphatic heterocycles. The number of hydrogen-bond acceptors (Lipinski definition) is 4. The topological polar surface area (TPSA) is 51.8 Å². The number of aryl methyl sites for hydroxylation is 2. The Morgan fingerprint density at radius 1 is 1.33 bits per heavy atom. The van der Waals surface area contributed by atoms with E-state index in [2.05, 4.69) is 23.8 Å². The van der Waals surface area contributed by atoms with E-state index >= 15 is 0 Å². The Labute approximate surface area is 132 Å². The molecule has 0 spiro atoms. The van der Waals surface area contributed by atoms with Gasteiger partial charge in [0.05, 0.1) is 17.3 Å². The Hall–Kier alpha value is -1.49. The average Bonchev–Trinajstić information content (AvgIpc) is 2.88. The van der Waals surface area contributed by atoms with E-state index in [-0.39, 0.29) is 6.04 Å². The lowest BCUT2D eigenvalue weighted by Crippen LogP contribution is -2.12. The zero-order chi connectivity index (χ0) is 15.0. The quantitative estimate of drug-likeness (QED) is 0.785. The van der Waals surface area contributed by atoms with E-state index in [4.69, 9.17) is 17.3 Å². The second-order valence-corrected chi connectivity index (χ2v) is 6.56. The monoisotopic (exact) mass is 317 g/mol. The molecule has 5 heteroatoms. The van der Waals surface area contributed by atoms with E-state index in [1.807, 2.05) is 24.3 Å². The van der Waals surface area contributed by atoms with E-state index in [1.54, 1.807) is 17.5 Å². The second-order valence-electron chi connectivity index (χ2n) is 4.92. The normalized spacial score (nSPS) is 12.8. The highest BCUT2D eigenvalue weighted by Crippen LogP contribution is 2.32. The standard InChI is InChI=1S/C16H16ClN3S/c1-3-13-9(2)21-16(20-13)14(18)11-6-7-12(17)10-5-4-8-19-15(10)11/h4-8,14H,3,18H2,1-2H3. The summed E-state index contributed by atoms with van der Waals surface area (Å²) in [5.41, 5.74) is 9.37. The molecule has 0 radical (unpaired) electrons. The van der Waals surface area contributed by atoms with Gasteiger partial charge in [0, 0.05) is 27.0 Å². The number of benzene rings is 1. The summed E-state index contributed by atoms with van der Waals surface area (Å²) in [6, 6.07) is 7.40. The van der Waals surface area contributed by atoms with Crippen LogP contribution in [0.2, 0.25) is 5.02 Å². The first-order chi connectivity index (χ1) is 10.1. The fourth-order valence-electron chi connectivity index (χ4n) is 2.46. The van der Waals surface area contributed by atoms with Gasteiger partial charge in [-0.1, -0.05) is 24.6 Å². The van der Waals surface area contributed by atoms with Crippen molar-refractivity contribution in [3.05, 3.63) is 56.6 Å². The molecule has 0 aliphatic rings. The highest BCUT2D eigenvalue weighted by Gasteiger charge is 2.18. The molecule has 2 aromatic heterocycles. The molecule has 3 aromatic rings. The van der Waals surface area contributed by atoms with Crippen molar-refractivity contribution in [2.24, 2.45) is 5.73 Å². The second kappa shape index (κ2) is 5.72. The number of nitrogens with two attached hydrogens (primary N) is 1. The molecule has 1 aromatic carbocycles. The number of rotatable bonds is 3. The van der Waals surface area contributed by atoms with Crippen molar-refractivity contribution in [3.8, 4) is 0 Å². The number of pyridine rings is 1. The van der Waals surface area contributed by atoms with Crippen molar-refractivity contribution >= 4 is 33.8 Å². The highest BCUT2D eigenvalue weighted by molar-refractivity contribution is 7.11. The molecule has 0 saturated heterocycles. The summed E-state index contributed by atoms with van der Waals surface area (Å²) >= 11 is 7.90. The molecular formula is C16H16ClN3S. The molecule has 3 rings (SSSR count). The van der Waals surface area contributed by atoms with Gasteiger partial charge in [0.1, 0.15) is 5.01 Å². The van der Waals surface area contributed by atoms with Crippen molar-refractivity contribution in [2.75, 3.05) is 0 Å². The minimum absolute atomic E-state index is 0.274. The molecule has 0 amide bonds. The molecular weight excluding hydrogens is 302 g/mol. The Kier molecular flexibility index (Phi) is 3.93. The van der Waals surface area contributed by atoms with Crippen molar-refractivity contribution in [2.45, 2.75) is 26.3 Å². The van der Waals surface area contributed by atoms with E-state index in [0.29, 0.717) is 5.02 Å². The molecule has 0 saturated carbocycles. The van der Waals surface area contributed by atoms with Gasteiger partial charge in [-0.25, -0.2) is 4.98 Å². The van der Waals surface area contributed by atoms with E-state index < -0.39 is 0 Å². The Bertz CT molecular complexity index is 797. The number of halogens is 1. The molecule has 0 bridgehead atoms. The first kappa shape index (κ1) is 14.4. The zero-order valence-electron chi connectivity index (χ0n) is 11.9. The van der Waals surface area contributed by atoms with Gasteiger partial charge in [0.2, 0.25) is 0 Å². The van der Waals surface area contributed by atoms with Gasteiger partial charge in [-0.15, -0.1) is 11.3 Å². The molecule has 0 fully saturated rings. The third kappa shape index (κ3) is 2.55. The lowest BCUT2D eigenvalue weighted by molar-refractivity contribution is 0.849. The van der Waals surface area contributed by atoms with Crippen LogP contribution < -0.4 is 5.73 Å². The maximum Gasteiger partial charge on any atom is 0.115 e. The summed E-state index contributed by atoms with van der Waals surface area (Å²) in [5, 5.41) is 2.55. The van der Waals surface area contributed by atoms with Crippen molar-refractivity contribution in [3.63, 3.8) is 0 Å². The first-order valence-corrected chi connectivity index (χ1v) is 8.06. The zero-order valence-corrected chi connectivity index (χ0v) is 13.5. The van der Waals surface area contributed by atoms with Crippen LogP contribution >= 0.6 is 22.9 Å². The third-order valence-corrected chi connectivity index (χ3v) is 5.02. The summed E-state index contributed by atoms with van der Waals surface area (Å²) in [4.78, 5) is 10.3. The summed E-state index contributed by atoms with van der Waals surface area (Å²) in [6.07, 6.45) is 2.69. The summed E-state index contributed by atoms with van der Waals surface area (Å²) in [6.45, 7) is 4.20. The van der Waals surface area contributed by atoms with Crippen LogP contribution in [0.5, 0.6) is 0 Å². The molecule has 1 unspecified atom stereocenters. The summed E-state index contributed by atoms with van der Waals surface area (Å²) in [5.74, 6) is 0. The Balaban J connectivity index is 2.13. The molecule has 2 heterocycles. The van der Waals surface area contributed by atoms with E-state index in [0.717, 1.165) is 33.6 Å². The molecule has 0 aliphatic carbocycles. The molecule has 21 heavy (non-hydrogen) atoms. The average molecular weight is 318 g/mol. The molecule has 3 nitrogen and oxygen atoms in total. The van der Waals surface area contributed by atoms with Gasteiger partial charge in [-0.05, 0) is 31.5 Å². The fourth-order valence-corrected chi connectivity index (χ4v) is 3.70. The molecule has 1 atom stereocenters. The summed E-state index contributed by atoms with van der Waals surface area (Å²) < 4.78 is 0. The SMILES string of the molecule is CCc1nc(C(N)c2ccc(Cl)c3cccnc23)sc1C. The Morgan fingerprint density at radius 2 is 2.14 bits per heavy atom. The van der Waals surface area contributed by atoms with Gasteiger partial charge >= 0.3 is 0 Å². The lowest BCUT2D eigenvalue weighted by atomic mass is 10.0. The van der Waals surface area contributed by atoms with Gasteiger partial charge in [-0.3, -0.25) is 4.98 Å². The van der Waals surface area contributed by atoms with E-state index in [1.165, 1.54) is 4.88 Å². The summed E-state index contributed by atoms with van der Waals surface area (Å²) in [7, 11) is 0. The number of aromatic nitrogens is 2. The third-order valence-electron chi connectivity index (χ3n) is 3.59. The van der Waals surface area contributed by atoms with Crippen LogP contribution in [0.3, 0.4) is 0 Å². The number of thiazole rings is 1. The van der Waals surface area contributed by atoms with Crippen LogP contribution in [0.15, 0.2) is 30.5 Å². The smallest absolute Gasteiger partial charge is 0.115 e. The predicted octanol–water partition coefficient (Wildman–Crippen LogP) is 4.26. The van der Waals surface area contributed by atoms with Crippen LogP contribution in [0.1, 0.15) is 34.1 Å². The number of fused-ring (bicyclic) bond motifs is 1. The Morgan fingerprint density at radius 3 is 2.86 bits per heavy atom. The molecule has 2 N–H and O–H groups in total. The van der Waals surface area contributed by atoms with Gasteiger partial charge < -0.3 is 5.73 Å². The highest BCUT2D eigenvalue weighted by atomic mass is 35.5. The van der Waals surface area contributed by atoms with Crippen molar-refractivity contribution < 1.29 is 0 Å². The van der Waals surface area contributed by atoms with Crippen LogP contribution in [-0.2, 0) is 6.42 Å². The maximum atomic E-state index is 6.43. The van der Waals surface area contributed by atoms with Crippen LogP contribution in [0.4, 0.5) is 0 Å². The number of nitrogens with zero attached hydrogens (tertiary/aromatic N) is 2. The molecule has 108 valence electrons. The minimum Gasteiger partial charge on any atom is -0.318 e. The maximum absolute atomic E-state index is 6.43. The van der Waals surface area contributed by atoms with Crippen molar-refractivity contribution in [1.29, 1.82) is 0 Å². The minimum atomic E-state index is -0.274. The fraction of sp³-hybridized carbons (Fsp3) is 0.250.